The SMILES string of the molecule is C#CCN1C(=O)S/C(=C\c2ccc(OCc3ccc(I)cc3)cc2)C1=O. The Kier molecular flexibility index (Phi) is 6.01. The second-order valence-electron chi connectivity index (χ2n) is 5.46. The van der Waals surface area contributed by atoms with Crippen LogP contribution in [0.2, 0.25) is 0 Å². The number of carbonyl (C=O) groups is 2. The van der Waals surface area contributed by atoms with Crippen molar-refractivity contribution in [2.45, 2.75) is 6.61 Å². The highest BCUT2D eigenvalue weighted by Gasteiger charge is 2.34. The van der Waals surface area contributed by atoms with Crippen LogP contribution in [0.1, 0.15) is 11.1 Å². The third kappa shape index (κ3) is 4.48. The fourth-order valence-corrected chi connectivity index (χ4v) is 3.48. The van der Waals surface area contributed by atoms with Crippen LogP contribution in [0.15, 0.2) is 53.4 Å². The molecule has 6 heteroatoms. The smallest absolute Gasteiger partial charge is 0.294 e. The molecule has 0 aliphatic carbocycles. The van der Waals surface area contributed by atoms with E-state index in [2.05, 4.69) is 28.5 Å². The minimum absolute atomic E-state index is 0.00662. The van der Waals surface area contributed by atoms with Gasteiger partial charge in [-0.05, 0) is 75.8 Å². The van der Waals surface area contributed by atoms with E-state index < -0.39 is 0 Å². The van der Waals surface area contributed by atoms with Crippen LogP contribution in [0.3, 0.4) is 0 Å². The van der Waals surface area contributed by atoms with Crippen LogP contribution >= 0.6 is 34.4 Å². The van der Waals surface area contributed by atoms with E-state index in [1.807, 2.05) is 48.5 Å². The van der Waals surface area contributed by atoms with Crippen LogP contribution < -0.4 is 4.74 Å². The summed E-state index contributed by atoms with van der Waals surface area (Å²) < 4.78 is 6.95. The average molecular weight is 475 g/mol. The van der Waals surface area contributed by atoms with Gasteiger partial charge in [0.05, 0.1) is 11.4 Å². The first-order valence-corrected chi connectivity index (χ1v) is 9.62. The van der Waals surface area contributed by atoms with E-state index in [0.717, 1.165) is 33.5 Å². The van der Waals surface area contributed by atoms with Crippen LogP contribution in [-0.2, 0) is 11.4 Å². The van der Waals surface area contributed by atoms with Crippen LogP contribution in [0.25, 0.3) is 6.08 Å². The number of carbonyl (C=O) groups excluding carboxylic acids is 2. The summed E-state index contributed by atoms with van der Waals surface area (Å²) in [5, 5.41) is -0.336. The summed E-state index contributed by atoms with van der Waals surface area (Å²) >= 11 is 3.16. The van der Waals surface area contributed by atoms with E-state index in [9.17, 15) is 9.59 Å². The van der Waals surface area contributed by atoms with Gasteiger partial charge in [0.1, 0.15) is 12.4 Å². The Morgan fingerprint density at radius 2 is 1.81 bits per heavy atom. The number of hydrogen-bond donors (Lipinski definition) is 0. The van der Waals surface area contributed by atoms with Gasteiger partial charge in [0, 0.05) is 3.57 Å². The van der Waals surface area contributed by atoms with Crippen LogP contribution in [0, 0.1) is 15.9 Å². The maximum Gasteiger partial charge on any atom is 0.294 e. The Balaban J connectivity index is 1.64. The molecular formula is C20H14INO3S. The summed E-state index contributed by atoms with van der Waals surface area (Å²) in [5.41, 5.74) is 1.91. The molecule has 1 aliphatic heterocycles. The monoisotopic (exact) mass is 475 g/mol. The molecule has 26 heavy (non-hydrogen) atoms. The van der Waals surface area contributed by atoms with Gasteiger partial charge in [-0.1, -0.05) is 30.2 Å². The number of terminal acetylenes is 1. The Labute approximate surface area is 169 Å². The highest BCUT2D eigenvalue weighted by molar-refractivity contribution is 14.1. The molecule has 1 fully saturated rings. The van der Waals surface area contributed by atoms with Crippen molar-refractivity contribution in [1.29, 1.82) is 0 Å². The molecule has 2 aromatic carbocycles. The number of thioether (sulfide) groups is 1. The van der Waals surface area contributed by atoms with Crippen LogP contribution in [0.5, 0.6) is 5.75 Å². The molecular weight excluding hydrogens is 461 g/mol. The van der Waals surface area contributed by atoms with Gasteiger partial charge in [-0.3, -0.25) is 14.5 Å². The summed E-state index contributed by atoms with van der Waals surface area (Å²) in [6, 6.07) is 15.5. The van der Waals surface area contributed by atoms with Crippen molar-refractivity contribution in [3.63, 3.8) is 0 Å². The van der Waals surface area contributed by atoms with E-state index in [1.165, 1.54) is 3.57 Å². The van der Waals surface area contributed by atoms with Crippen molar-refractivity contribution >= 4 is 51.6 Å². The summed E-state index contributed by atoms with van der Waals surface area (Å²) in [5.74, 6) is 2.71. The Bertz CT molecular complexity index is 898. The van der Waals surface area contributed by atoms with E-state index in [-0.39, 0.29) is 17.7 Å². The van der Waals surface area contributed by atoms with Gasteiger partial charge < -0.3 is 4.74 Å². The van der Waals surface area contributed by atoms with Gasteiger partial charge in [-0.2, -0.15) is 0 Å². The molecule has 1 aliphatic rings. The zero-order valence-corrected chi connectivity index (χ0v) is 16.6. The summed E-state index contributed by atoms with van der Waals surface area (Å²) in [6.07, 6.45) is 6.87. The van der Waals surface area contributed by atoms with Gasteiger partial charge in [0.25, 0.3) is 11.1 Å². The molecule has 0 saturated carbocycles. The van der Waals surface area contributed by atoms with Crippen molar-refractivity contribution in [3.05, 3.63) is 68.1 Å². The van der Waals surface area contributed by atoms with Crippen LogP contribution in [0.4, 0.5) is 4.79 Å². The number of nitrogens with zero attached hydrogens (tertiary/aromatic N) is 1. The quantitative estimate of drug-likeness (QED) is 0.362. The average Bonchev–Trinajstić information content (AvgIpc) is 2.90. The minimum atomic E-state index is -0.350. The first kappa shape index (κ1) is 18.5. The van der Waals surface area contributed by atoms with Crippen molar-refractivity contribution in [2.75, 3.05) is 6.54 Å². The molecule has 3 rings (SSSR count). The van der Waals surface area contributed by atoms with E-state index in [1.54, 1.807) is 6.08 Å². The van der Waals surface area contributed by atoms with Crippen LogP contribution in [-0.4, -0.2) is 22.6 Å². The summed E-state index contributed by atoms with van der Waals surface area (Å²) in [6.45, 7) is 0.481. The number of hydrogen-bond acceptors (Lipinski definition) is 4. The zero-order valence-electron chi connectivity index (χ0n) is 13.6. The molecule has 0 bridgehead atoms. The molecule has 0 atom stereocenters. The van der Waals surface area contributed by atoms with Crippen molar-refractivity contribution in [3.8, 4) is 18.1 Å². The molecule has 0 spiro atoms. The largest absolute Gasteiger partial charge is 0.489 e. The molecule has 2 aromatic rings. The molecule has 0 unspecified atom stereocenters. The van der Waals surface area contributed by atoms with Crippen molar-refractivity contribution < 1.29 is 14.3 Å². The molecule has 1 saturated heterocycles. The molecule has 4 nitrogen and oxygen atoms in total. The standard InChI is InChI=1S/C20H14INO3S/c1-2-11-22-19(23)18(26-20(22)24)12-14-5-9-17(10-6-14)25-13-15-3-7-16(21)8-4-15/h1,3-10,12H,11,13H2/b18-12-. The molecule has 0 aromatic heterocycles. The molecule has 1 heterocycles. The molecule has 2 amide bonds. The first-order valence-electron chi connectivity index (χ1n) is 7.73. The lowest BCUT2D eigenvalue weighted by Gasteiger charge is -2.07. The Hall–Kier alpha value is -2.24. The van der Waals surface area contributed by atoms with Crippen molar-refractivity contribution in [2.24, 2.45) is 0 Å². The summed E-state index contributed by atoms with van der Waals surface area (Å²) in [4.78, 5) is 25.4. The lowest BCUT2D eigenvalue weighted by molar-refractivity contribution is -0.122. The molecule has 0 N–H and O–H groups in total. The lowest BCUT2D eigenvalue weighted by Crippen LogP contribution is -2.28. The third-order valence-electron chi connectivity index (χ3n) is 3.62. The number of halogens is 1. The molecule has 130 valence electrons. The highest BCUT2D eigenvalue weighted by Crippen LogP contribution is 2.32. The maximum atomic E-state index is 12.2. The fourth-order valence-electron chi connectivity index (χ4n) is 2.29. The minimum Gasteiger partial charge on any atom is -0.489 e. The number of ether oxygens (including phenoxy) is 1. The number of rotatable bonds is 5. The maximum absolute atomic E-state index is 12.2. The van der Waals surface area contributed by atoms with Gasteiger partial charge in [-0.15, -0.1) is 6.42 Å². The van der Waals surface area contributed by atoms with Gasteiger partial charge >= 0.3 is 0 Å². The van der Waals surface area contributed by atoms with E-state index >= 15 is 0 Å². The second-order valence-corrected chi connectivity index (χ2v) is 7.69. The third-order valence-corrected chi connectivity index (χ3v) is 5.25. The number of imide groups is 1. The normalized spacial score (nSPS) is 15.4. The predicted molar refractivity (Wildman–Crippen MR) is 111 cm³/mol. The Morgan fingerprint density at radius 1 is 1.12 bits per heavy atom. The zero-order chi connectivity index (χ0) is 18.5. The van der Waals surface area contributed by atoms with Gasteiger partial charge in [0.15, 0.2) is 0 Å². The lowest BCUT2D eigenvalue weighted by atomic mass is 10.2. The van der Waals surface area contributed by atoms with Crippen molar-refractivity contribution in [1.82, 2.24) is 4.90 Å². The fraction of sp³-hybridized carbons (Fsp3) is 0.100. The topological polar surface area (TPSA) is 46.6 Å². The first-order chi connectivity index (χ1) is 12.6. The highest BCUT2D eigenvalue weighted by atomic mass is 127. The Morgan fingerprint density at radius 3 is 2.46 bits per heavy atom. The summed E-state index contributed by atoms with van der Waals surface area (Å²) in [7, 11) is 0. The molecule has 0 radical (unpaired) electrons. The number of benzene rings is 2. The second kappa shape index (κ2) is 8.43. The van der Waals surface area contributed by atoms with E-state index in [0.29, 0.717) is 11.5 Å². The number of amides is 2. The van der Waals surface area contributed by atoms with Gasteiger partial charge in [-0.25, -0.2) is 0 Å². The van der Waals surface area contributed by atoms with Gasteiger partial charge in [0.2, 0.25) is 0 Å². The van der Waals surface area contributed by atoms with E-state index in [4.69, 9.17) is 11.2 Å². The predicted octanol–water partition coefficient (Wildman–Crippen LogP) is 4.54.